The van der Waals surface area contributed by atoms with Gasteiger partial charge in [-0.25, -0.2) is 0 Å². The fourth-order valence-electron chi connectivity index (χ4n) is 1.29. The molecular formula is C10H14BrNO3. The van der Waals surface area contributed by atoms with Crippen LogP contribution in [0.4, 0.5) is 0 Å². The predicted octanol–water partition coefficient (Wildman–Crippen LogP) is 0.768. The van der Waals surface area contributed by atoms with Crippen molar-refractivity contribution < 1.29 is 15.3 Å². The van der Waals surface area contributed by atoms with E-state index in [2.05, 4.69) is 21.2 Å². The van der Waals surface area contributed by atoms with Crippen LogP contribution >= 0.6 is 15.9 Å². The fraction of sp³-hybridized carbons (Fsp3) is 0.400. The summed E-state index contributed by atoms with van der Waals surface area (Å²) in [4.78, 5) is 0. The maximum atomic E-state index is 9.79. The Morgan fingerprint density at radius 2 is 2.07 bits per heavy atom. The first-order valence-electron chi connectivity index (χ1n) is 4.55. The Hall–Kier alpha value is -0.620. The van der Waals surface area contributed by atoms with E-state index in [0.717, 1.165) is 0 Å². The van der Waals surface area contributed by atoms with Gasteiger partial charge < -0.3 is 20.6 Å². The average molecular weight is 276 g/mol. The van der Waals surface area contributed by atoms with Crippen LogP contribution < -0.4 is 5.32 Å². The lowest BCUT2D eigenvalue weighted by atomic mass is 10.0. The van der Waals surface area contributed by atoms with Crippen LogP contribution in [0.3, 0.4) is 0 Å². The molecule has 0 fully saturated rings. The number of hydrogen-bond acceptors (Lipinski definition) is 4. The van der Waals surface area contributed by atoms with Crippen molar-refractivity contribution in [1.29, 1.82) is 0 Å². The van der Waals surface area contributed by atoms with Crippen LogP contribution in [0.2, 0.25) is 0 Å². The Morgan fingerprint density at radius 1 is 1.40 bits per heavy atom. The lowest BCUT2D eigenvalue weighted by Crippen LogP contribution is -2.29. The molecule has 0 aliphatic heterocycles. The van der Waals surface area contributed by atoms with Crippen LogP contribution in [0.15, 0.2) is 22.7 Å². The van der Waals surface area contributed by atoms with Crippen LogP contribution in [-0.2, 0) is 0 Å². The van der Waals surface area contributed by atoms with Gasteiger partial charge in [-0.2, -0.15) is 0 Å². The number of aliphatic hydroxyl groups is 2. The van der Waals surface area contributed by atoms with E-state index in [-0.39, 0.29) is 12.3 Å². The first-order valence-corrected chi connectivity index (χ1v) is 5.34. The van der Waals surface area contributed by atoms with E-state index in [9.17, 15) is 15.3 Å². The number of hydrogen-bond donors (Lipinski definition) is 4. The smallest absolute Gasteiger partial charge is 0.116 e. The molecule has 0 saturated carbocycles. The zero-order chi connectivity index (χ0) is 11.4. The molecule has 0 aliphatic rings. The number of aromatic hydroxyl groups is 1. The molecule has 0 spiro atoms. The van der Waals surface area contributed by atoms with Gasteiger partial charge in [-0.05, 0) is 25.2 Å². The third kappa shape index (κ3) is 3.17. The Labute approximate surface area is 96.7 Å². The van der Waals surface area contributed by atoms with Crippen LogP contribution in [0, 0.1) is 0 Å². The second-order valence-corrected chi connectivity index (χ2v) is 4.13. The first kappa shape index (κ1) is 12.4. The summed E-state index contributed by atoms with van der Waals surface area (Å²) in [6.07, 6.45) is -1.94. The van der Waals surface area contributed by atoms with E-state index in [1.807, 2.05) is 0 Å². The fourth-order valence-corrected chi connectivity index (χ4v) is 1.77. The van der Waals surface area contributed by atoms with Gasteiger partial charge in [0.05, 0.1) is 6.10 Å². The van der Waals surface area contributed by atoms with E-state index in [1.54, 1.807) is 13.1 Å². The van der Waals surface area contributed by atoms with Crippen LogP contribution in [0.5, 0.6) is 5.75 Å². The molecule has 2 atom stereocenters. The van der Waals surface area contributed by atoms with Gasteiger partial charge in [0, 0.05) is 16.6 Å². The highest BCUT2D eigenvalue weighted by molar-refractivity contribution is 9.10. The molecule has 84 valence electrons. The number of nitrogens with one attached hydrogen (secondary N) is 1. The molecule has 1 rings (SSSR count). The zero-order valence-electron chi connectivity index (χ0n) is 8.31. The highest BCUT2D eigenvalue weighted by Crippen LogP contribution is 2.28. The number of phenols is 1. The minimum atomic E-state index is -1.03. The quantitative estimate of drug-likeness (QED) is 0.655. The van der Waals surface area contributed by atoms with Crippen molar-refractivity contribution >= 4 is 15.9 Å². The van der Waals surface area contributed by atoms with Crippen LogP contribution in [-0.4, -0.2) is 35.0 Å². The lowest BCUT2D eigenvalue weighted by Gasteiger charge is -2.19. The van der Waals surface area contributed by atoms with Crippen molar-refractivity contribution in [3.63, 3.8) is 0 Å². The van der Waals surface area contributed by atoms with Gasteiger partial charge in [0.2, 0.25) is 0 Å². The number of halogens is 1. The molecule has 5 heteroatoms. The Morgan fingerprint density at radius 3 is 2.67 bits per heavy atom. The third-order valence-corrected chi connectivity index (χ3v) is 2.80. The summed E-state index contributed by atoms with van der Waals surface area (Å²) in [6.45, 7) is 0.281. The van der Waals surface area contributed by atoms with E-state index < -0.39 is 12.2 Å². The summed E-state index contributed by atoms with van der Waals surface area (Å²) in [7, 11) is 1.69. The highest BCUT2D eigenvalue weighted by Gasteiger charge is 2.20. The molecule has 0 radical (unpaired) electrons. The minimum Gasteiger partial charge on any atom is -0.508 e. The summed E-state index contributed by atoms with van der Waals surface area (Å²) in [5.74, 6) is 0.0592. The van der Waals surface area contributed by atoms with Crippen molar-refractivity contribution in [2.75, 3.05) is 13.6 Å². The van der Waals surface area contributed by atoms with Gasteiger partial charge in [0.1, 0.15) is 11.9 Å². The third-order valence-electron chi connectivity index (χ3n) is 2.08. The standard InChI is InChI=1S/C10H14BrNO3/c1-12-5-9(14)10(15)7-4-6(13)2-3-8(7)11/h2-4,9-10,12-15H,5H2,1H3. The predicted molar refractivity (Wildman–Crippen MR) is 60.7 cm³/mol. The molecular weight excluding hydrogens is 262 g/mol. The first-order chi connectivity index (χ1) is 7.06. The molecule has 15 heavy (non-hydrogen) atoms. The number of likely N-dealkylation sites (N-methyl/N-ethyl adjacent to an activating group) is 1. The summed E-state index contributed by atoms with van der Waals surface area (Å²) < 4.78 is 0.656. The SMILES string of the molecule is CNCC(O)C(O)c1cc(O)ccc1Br. The molecule has 0 bridgehead atoms. The van der Waals surface area contributed by atoms with Crippen molar-refractivity contribution in [2.24, 2.45) is 0 Å². The zero-order valence-corrected chi connectivity index (χ0v) is 9.90. The summed E-state index contributed by atoms with van der Waals surface area (Å²) in [6, 6.07) is 4.55. The minimum absolute atomic E-state index is 0.0592. The second kappa shape index (κ2) is 5.46. The van der Waals surface area contributed by atoms with E-state index >= 15 is 0 Å². The summed E-state index contributed by atoms with van der Waals surface area (Å²) in [5, 5.41) is 31.4. The van der Waals surface area contributed by atoms with Crippen LogP contribution in [0.25, 0.3) is 0 Å². The molecule has 0 saturated heterocycles. The monoisotopic (exact) mass is 275 g/mol. The molecule has 0 aliphatic carbocycles. The van der Waals surface area contributed by atoms with Crippen LogP contribution in [0.1, 0.15) is 11.7 Å². The van der Waals surface area contributed by atoms with Gasteiger partial charge in [-0.3, -0.25) is 0 Å². The molecule has 2 unspecified atom stereocenters. The molecule has 1 aromatic rings. The maximum absolute atomic E-state index is 9.79. The normalized spacial score (nSPS) is 14.9. The van der Waals surface area contributed by atoms with E-state index in [4.69, 9.17) is 0 Å². The van der Waals surface area contributed by atoms with Gasteiger partial charge in [-0.1, -0.05) is 15.9 Å². The number of rotatable bonds is 4. The maximum Gasteiger partial charge on any atom is 0.116 e. The summed E-state index contributed by atoms with van der Waals surface area (Å²) >= 11 is 3.25. The molecule has 0 amide bonds. The van der Waals surface area contributed by atoms with Gasteiger partial charge in [0.25, 0.3) is 0 Å². The van der Waals surface area contributed by atoms with Crippen molar-refractivity contribution in [3.05, 3.63) is 28.2 Å². The van der Waals surface area contributed by atoms with Crippen molar-refractivity contribution in [1.82, 2.24) is 5.32 Å². The number of benzene rings is 1. The van der Waals surface area contributed by atoms with Crippen molar-refractivity contribution in [2.45, 2.75) is 12.2 Å². The Balaban J connectivity index is 2.89. The molecule has 4 nitrogen and oxygen atoms in total. The average Bonchev–Trinajstić information content (AvgIpc) is 2.21. The summed E-state index contributed by atoms with van der Waals surface area (Å²) in [5.41, 5.74) is 0.470. The number of phenolic OH excluding ortho intramolecular Hbond substituents is 1. The van der Waals surface area contributed by atoms with E-state index in [1.165, 1.54) is 12.1 Å². The van der Waals surface area contributed by atoms with Crippen molar-refractivity contribution in [3.8, 4) is 5.75 Å². The molecule has 0 heterocycles. The number of aliphatic hydroxyl groups excluding tert-OH is 2. The Bertz CT molecular complexity index is 332. The van der Waals surface area contributed by atoms with E-state index in [0.29, 0.717) is 10.0 Å². The molecule has 4 N–H and O–H groups in total. The molecule has 1 aromatic carbocycles. The Kier molecular flexibility index (Phi) is 4.53. The highest BCUT2D eigenvalue weighted by atomic mass is 79.9. The molecule has 0 aromatic heterocycles. The topological polar surface area (TPSA) is 72.7 Å². The second-order valence-electron chi connectivity index (χ2n) is 3.28. The van der Waals surface area contributed by atoms with Gasteiger partial charge in [0.15, 0.2) is 0 Å². The largest absolute Gasteiger partial charge is 0.508 e. The van der Waals surface area contributed by atoms with Gasteiger partial charge in [-0.15, -0.1) is 0 Å². The lowest BCUT2D eigenvalue weighted by molar-refractivity contribution is 0.0197. The van der Waals surface area contributed by atoms with Gasteiger partial charge >= 0.3 is 0 Å².